The SMILES string of the molecule is COc1ccc(NS(=O)(=O)c2cccc(C(=O)N/N=C(/C)c3cccnc3)c2)cc1. The summed E-state index contributed by atoms with van der Waals surface area (Å²) in [6, 6.07) is 15.7. The van der Waals surface area contributed by atoms with Gasteiger partial charge in [0.05, 0.1) is 17.7 Å². The summed E-state index contributed by atoms with van der Waals surface area (Å²) in [7, 11) is -2.35. The Kier molecular flexibility index (Phi) is 6.43. The average molecular weight is 424 g/mol. The minimum absolute atomic E-state index is 0.0427. The summed E-state index contributed by atoms with van der Waals surface area (Å²) in [5, 5.41) is 4.05. The van der Waals surface area contributed by atoms with E-state index in [9.17, 15) is 13.2 Å². The molecule has 154 valence electrons. The molecule has 1 heterocycles. The number of amides is 1. The predicted molar refractivity (Wildman–Crippen MR) is 114 cm³/mol. The highest BCUT2D eigenvalue weighted by atomic mass is 32.2. The summed E-state index contributed by atoms with van der Waals surface area (Å²) in [5.74, 6) is 0.0819. The molecule has 1 amide bonds. The Morgan fingerprint density at radius 1 is 1.03 bits per heavy atom. The number of nitrogens with zero attached hydrogens (tertiary/aromatic N) is 2. The lowest BCUT2D eigenvalue weighted by Gasteiger charge is -2.10. The first kappa shape index (κ1) is 21.0. The second-order valence-corrected chi connectivity index (χ2v) is 7.92. The molecule has 0 radical (unpaired) electrons. The van der Waals surface area contributed by atoms with E-state index in [0.29, 0.717) is 17.1 Å². The lowest BCUT2D eigenvalue weighted by atomic mass is 10.2. The molecule has 0 aliphatic carbocycles. The van der Waals surface area contributed by atoms with Gasteiger partial charge in [0.2, 0.25) is 0 Å². The maximum Gasteiger partial charge on any atom is 0.271 e. The summed E-state index contributed by atoms with van der Waals surface area (Å²) in [5.41, 5.74) is 4.30. The smallest absolute Gasteiger partial charge is 0.271 e. The molecule has 8 nitrogen and oxygen atoms in total. The van der Waals surface area contributed by atoms with Crippen LogP contribution >= 0.6 is 0 Å². The minimum atomic E-state index is -3.88. The zero-order chi connectivity index (χ0) is 21.6. The van der Waals surface area contributed by atoms with Gasteiger partial charge in [-0.3, -0.25) is 14.5 Å². The van der Waals surface area contributed by atoms with Crippen LogP contribution in [-0.2, 0) is 10.0 Å². The van der Waals surface area contributed by atoms with Crippen molar-refractivity contribution in [1.29, 1.82) is 0 Å². The number of sulfonamides is 1. The van der Waals surface area contributed by atoms with Crippen LogP contribution in [0.25, 0.3) is 0 Å². The van der Waals surface area contributed by atoms with Crippen molar-refractivity contribution in [2.24, 2.45) is 5.10 Å². The van der Waals surface area contributed by atoms with E-state index in [1.807, 2.05) is 6.07 Å². The van der Waals surface area contributed by atoms with Crippen LogP contribution in [-0.4, -0.2) is 32.1 Å². The minimum Gasteiger partial charge on any atom is -0.497 e. The first-order valence-electron chi connectivity index (χ1n) is 8.91. The Morgan fingerprint density at radius 3 is 2.43 bits per heavy atom. The molecule has 2 N–H and O–H groups in total. The van der Waals surface area contributed by atoms with Crippen molar-refractivity contribution in [3.05, 3.63) is 84.2 Å². The normalized spacial score (nSPS) is 11.6. The van der Waals surface area contributed by atoms with Crippen molar-refractivity contribution >= 4 is 27.3 Å². The predicted octanol–water partition coefficient (Wildman–Crippen LogP) is 3.05. The highest BCUT2D eigenvalue weighted by Crippen LogP contribution is 2.20. The third kappa shape index (κ3) is 5.21. The molecule has 1 aromatic heterocycles. The van der Waals surface area contributed by atoms with E-state index in [0.717, 1.165) is 5.56 Å². The molecule has 0 spiro atoms. The van der Waals surface area contributed by atoms with Gasteiger partial charge in [0, 0.05) is 29.2 Å². The number of carbonyl (C=O) groups is 1. The topological polar surface area (TPSA) is 110 Å². The first-order valence-corrected chi connectivity index (χ1v) is 10.4. The van der Waals surface area contributed by atoms with Crippen molar-refractivity contribution in [2.75, 3.05) is 11.8 Å². The number of anilines is 1. The summed E-state index contributed by atoms with van der Waals surface area (Å²) in [4.78, 5) is 16.4. The van der Waals surface area contributed by atoms with Crippen LogP contribution in [0.1, 0.15) is 22.8 Å². The monoisotopic (exact) mass is 424 g/mol. The van der Waals surface area contributed by atoms with Crippen molar-refractivity contribution < 1.29 is 17.9 Å². The number of nitrogens with one attached hydrogen (secondary N) is 2. The zero-order valence-electron chi connectivity index (χ0n) is 16.4. The van der Waals surface area contributed by atoms with Crippen LogP contribution < -0.4 is 14.9 Å². The number of ether oxygens (including phenoxy) is 1. The zero-order valence-corrected chi connectivity index (χ0v) is 17.2. The van der Waals surface area contributed by atoms with Crippen molar-refractivity contribution in [1.82, 2.24) is 10.4 Å². The fourth-order valence-electron chi connectivity index (χ4n) is 2.52. The number of aromatic nitrogens is 1. The molecule has 30 heavy (non-hydrogen) atoms. The van der Waals surface area contributed by atoms with Gasteiger partial charge >= 0.3 is 0 Å². The van der Waals surface area contributed by atoms with Gasteiger partial charge in [0.15, 0.2) is 0 Å². The largest absolute Gasteiger partial charge is 0.497 e. The molecule has 0 saturated heterocycles. The van der Waals surface area contributed by atoms with Gasteiger partial charge in [-0.15, -0.1) is 0 Å². The maximum absolute atomic E-state index is 12.7. The molecular formula is C21H20N4O4S. The van der Waals surface area contributed by atoms with E-state index in [1.54, 1.807) is 49.6 Å². The van der Waals surface area contributed by atoms with Crippen LogP contribution in [0.15, 0.2) is 83.1 Å². The summed E-state index contributed by atoms with van der Waals surface area (Å²) in [6.45, 7) is 1.73. The highest BCUT2D eigenvalue weighted by Gasteiger charge is 2.16. The van der Waals surface area contributed by atoms with E-state index in [-0.39, 0.29) is 10.5 Å². The summed E-state index contributed by atoms with van der Waals surface area (Å²) in [6.07, 6.45) is 3.27. The molecule has 3 aromatic rings. The molecule has 9 heteroatoms. The van der Waals surface area contributed by atoms with E-state index in [4.69, 9.17) is 4.74 Å². The van der Waals surface area contributed by atoms with Crippen molar-refractivity contribution in [2.45, 2.75) is 11.8 Å². The van der Waals surface area contributed by atoms with E-state index >= 15 is 0 Å². The molecule has 0 fully saturated rings. The molecule has 0 bridgehead atoms. The van der Waals surface area contributed by atoms with Crippen molar-refractivity contribution in [3.63, 3.8) is 0 Å². The van der Waals surface area contributed by atoms with Gasteiger partial charge in [0.1, 0.15) is 5.75 Å². The second-order valence-electron chi connectivity index (χ2n) is 6.24. The van der Waals surface area contributed by atoms with Crippen LogP contribution in [0, 0.1) is 0 Å². The molecule has 2 aromatic carbocycles. The van der Waals surface area contributed by atoms with Gasteiger partial charge in [-0.05, 0) is 55.5 Å². The van der Waals surface area contributed by atoms with Crippen LogP contribution in [0.3, 0.4) is 0 Å². The van der Waals surface area contributed by atoms with Crippen LogP contribution in [0.5, 0.6) is 5.75 Å². The van der Waals surface area contributed by atoms with Crippen molar-refractivity contribution in [3.8, 4) is 5.75 Å². The van der Waals surface area contributed by atoms with Gasteiger partial charge in [-0.2, -0.15) is 5.10 Å². The third-order valence-electron chi connectivity index (χ3n) is 4.15. The standard InChI is InChI=1S/C21H20N4O4S/c1-15(17-6-4-12-22-14-17)23-24-21(26)16-5-3-7-20(13-16)30(27,28)25-18-8-10-19(29-2)11-9-18/h3-14,25H,1-2H3,(H,24,26)/b23-15-. The number of rotatable bonds is 7. The van der Waals surface area contributed by atoms with Crippen LogP contribution in [0.4, 0.5) is 5.69 Å². The number of hydrogen-bond acceptors (Lipinski definition) is 6. The number of methoxy groups -OCH3 is 1. The Balaban J connectivity index is 1.75. The Labute approximate surface area is 174 Å². The highest BCUT2D eigenvalue weighted by molar-refractivity contribution is 7.92. The number of hydrogen-bond donors (Lipinski definition) is 2. The molecule has 0 saturated carbocycles. The molecule has 3 rings (SSSR count). The molecule has 0 aliphatic rings. The van der Waals surface area contributed by atoms with Gasteiger partial charge < -0.3 is 4.74 Å². The summed E-state index contributed by atoms with van der Waals surface area (Å²) < 4.78 is 32.9. The number of pyridine rings is 1. The molecular weight excluding hydrogens is 404 g/mol. The molecule has 0 aliphatic heterocycles. The maximum atomic E-state index is 12.7. The first-order chi connectivity index (χ1) is 14.4. The van der Waals surface area contributed by atoms with Crippen LogP contribution in [0.2, 0.25) is 0 Å². The van der Waals surface area contributed by atoms with E-state index in [2.05, 4.69) is 20.2 Å². The fourth-order valence-corrected chi connectivity index (χ4v) is 3.62. The number of benzene rings is 2. The van der Waals surface area contributed by atoms with Gasteiger partial charge in [0.25, 0.3) is 15.9 Å². The Morgan fingerprint density at radius 2 is 1.77 bits per heavy atom. The lowest BCUT2D eigenvalue weighted by Crippen LogP contribution is -2.20. The molecule has 0 unspecified atom stereocenters. The quantitative estimate of drug-likeness (QED) is 0.447. The Bertz CT molecular complexity index is 1160. The van der Waals surface area contributed by atoms with E-state index < -0.39 is 15.9 Å². The third-order valence-corrected chi connectivity index (χ3v) is 5.53. The molecule has 0 atom stereocenters. The Hall–Kier alpha value is -3.72. The van der Waals surface area contributed by atoms with Gasteiger partial charge in [-0.25, -0.2) is 13.8 Å². The lowest BCUT2D eigenvalue weighted by molar-refractivity contribution is 0.0954. The van der Waals surface area contributed by atoms with E-state index in [1.165, 1.54) is 31.4 Å². The number of carbonyl (C=O) groups excluding carboxylic acids is 1. The second kappa shape index (κ2) is 9.19. The average Bonchev–Trinajstić information content (AvgIpc) is 2.78. The number of hydrazone groups is 1. The summed E-state index contributed by atoms with van der Waals surface area (Å²) >= 11 is 0. The van der Waals surface area contributed by atoms with Gasteiger partial charge in [-0.1, -0.05) is 12.1 Å². The fraction of sp³-hybridized carbons (Fsp3) is 0.0952.